The molecule has 0 N–H and O–H groups in total. The number of rotatable bonds is 1. The van der Waals surface area contributed by atoms with E-state index in [9.17, 15) is 0 Å². The van der Waals surface area contributed by atoms with E-state index in [1.165, 1.54) is 22.0 Å². The van der Waals surface area contributed by atoms with Crippen LogP contribution < -0.4 is 0 Å². The van der Waals surface area contributed by atoms with E-state index in [-0.39, 0.29) is 0 Å². The maximum atomic E-state index is 4.27. The summed E-state index contributed by atoms with van der Waals surface area (Å²) in [7, 11) is 0. The Hall–Kier alpha value is -2.61. The molecule has 2 aromatic carbocycles. The first-order chi connectivity index (χ1) is 9.45. The van der Waals surface area contributed by atoms with E-state index in [0.717, 1.165) is 5.52 Å². The molecule has 90 valence electrons. The molecule has 19 heavy (non-hydrogen) atoms. The van der Waals surface area contributed by atoms with Crippen molar-refractivity contribution in [2.24, 2.45) is 0 Å². The van der Waals surface area contributed by atoms with Crippen LogP contribution in [0.2, 0.25) is 0 Å². The predicted octanol–water partition coefficient (Wildman–Crippen LogP) is 4.18. The predicted molar refractivity (Wildman–Crippen MR) is 78.6 cm³/mol. The first-order valence-electron chi connectivity index (χ1n) is 6.34. The van der Waals surface area contributed by atoms with Crippen LogP contribution in [0.4, 0.5) is 0 Å². The van der Waals surface area contributed by atoms with Gasteiger partial charge >= 0.3 is 0 Å². The Morgan fingerprint density at radius 3 is 2.32 bits per heavy atom. The zero-order valence-corrected chi connectivity index (χ0v) is 10.3. The van der Waals surface area contributed by atoms with E-state index < -0.39 is 0 Å². The number of nitrogens with zero attached hydrogens (tertiary/aromatic N) is 2. The molecule has 2 heteroatoms. The molecule has 0 amide bonds. The van der Waals surface area contributed by atoms with Crippen LogP contribution in [0.15, 0.2) is 73.1 Å². The van der Waals surface area contributed by atoms with Crippen molar-refractivity contribution in [3.05, 3.63) is 73.1 Å². The normalized spacial score (nSPS) is 11.2. The lowest BCUT2D eigenvalue weighted by Gasteiger charge is -2.06. The van der Waals surface area contributed by atoms with Crippen molar-refractivity contribution >= 4 is 21.8 Å². The van der Waals surface area contributed by atoms with E-state index in [1.54, 1.807) is 0 Å². The average Bonchev–Trinajstić information content (AvgIpc) is 2.83. The zero-order valence-electron chi connectivity index (χ0n) is 10.3. The molecule has 2 heterocycles. The summed E-state index contributed by atoms with van der Waals surface area (Å²) in [6, 6.07) is 21.0. The monoisotopic (exact) mass is 244 g/mol. The van der Waals surface area contributed by atoms with Crippen molar-refractivity contribution in [3.8, 4) is 5.69 Å². The van der Waals surface area contributed by atoms with Gasteiger partial charge in [-0.15, -0.1) is 0 Å². The smallest absolute Gasteiger partial charge is 0.0724 e. The Kier molecular flexibility index (Phi) is 2.15. The maximum Gasteiger partial charge on any atom is 0.0724 e. The van der Waals surface area contributed by atoms with E-state index in [0.29, 0.717) is 0 Å². The summed E-state index contributed by atoms with van der Waals surface area (Å²) in [5, 5.41) is 2.51. The first-order valence-corrected chi connectivity index (χ1v) is 6.34. The molecular formula is C17H12N2. The molecule has 4 aromatic rings. The summed E-state index contributed by atoms with van der Waals surface area (Å²) in [5.74, 6) is 0. The van der Waals surface area contributed by atoms with Crippen LogP contribution in [0.5, 0.6) is 0 Å². The highest BCUT2D eigenvalue weighted by Gasteiger charge is 2.10. The van der Waals surface area contributed by atoms with Crippen LogP contribution in [-0.2, 0) is 0 Å². The SMILES string of the molecule is c1ccc(-n2c3ccccc3c3ccncc32)cc1. The second-order valence-electron chi connectivity index (χ2n) is 4.58. The molecule has 0 saturated heterocycles. The Morgan fingerprint density at radius 2 is 1.42 bits per heavy atom. The summed E-state index contributed by atoms with van der Waals surface area (Å²) < 4.78 is 2.26. The van der Waals surface area contributed by atoms with E-state index in [2.05, 4.69) is 64.1 Å². The fourth-order valence-electron chi connectivity index (χ4n) is 2.67. The highest BCUT2D eigenvalue weighted by atomic mass is 15.0. The Morgan fingerprint density at radius 1 is 0.684 bits per heavy atom. The number of benzene rings is 2. The Bertz CT molecular complexity index is 807. The molecule has 4 rings (SSSR count). The summed E-state index contributed by atoms with van der Waals surface area (Å²) in [5.41, 5.74) is 3.54. The zero-order chi connectivity index (χ0) is 12.7. The molecule has 2 aromatic heterocycles. The van der Waals surface area contributed by atoms with Crippen LogP contribution in [-0.4, -0.2) is 9.55 Å². The van der Waals surface area contributed by atoms with Gasteiger partial charge < -0.3 is 4.57 Å². The second-order valence-corrected chi connectivity index (χ2v) is 4.58. The Labute approximate surface area is 110 Å². The molecule has 2 nitrogen and oxygen atoms in total. The summed E-state index contributed by atoms with van der Waals surface area (Å²) >= 11 is 0. The van der Waals surface area contributed by atoms with Crippen molar-refractivity contribution in [2.45, 2.75) is 0 Å². The molecule has 0 radical (unpaired) electrons. The highest BCUT2D eigenvalue weighted by Crippen LogP contribution is 2.30. The lowest BCUT2D eigenvalue weighted by atomic mass is 10.2. The van der Waals surface area contributed by atoms with Crippen LogP contribution in [0, 0.1) is 0 Å². The molecule has 0 saturated carbocycles. The molecule has 0 aliphatic carbocycles. The topological polar surface area (TPSA) is 17.8 Å². The molecule has 0 unspecified atom stereocenters. The van der Waals surface area contributed by atoms with Gasteiger partial charge in [-0.1, -0.05) is 36.4 Å². The van der Waals surface area contributed by atoms with Crippen LogP contribution in [0.25, 0.3) is 27.5 Å². The number of hydrogen-bond acceptors (Lipinski definition) is 1. The molecule has 0 spiro atoms. The molecule has 0 aliphatic rings. The lowest BCUT2D eigenvalue weighted by molar-refractivity contribution is 1.17. The fourth-order valence-corrected chi connectivity index (χ4v) is 2.67. The van der Waals surface area contributed by atoms with Gasteiger partial charge in [0.1, 0.15) is 0 Å². The van der Waals surface area contributed by atoms with Crippen LogP contribution >= 0.6 is 0 Å². The summed E-state index contributed by atoms with van der Waals surface area (Å²) in [6.07, 6.45) is 3.78. The van der Waals surface area contributed by atoms with Gasteiger partial charge in [0.2, 0.25) is 0 Å². The number of aromatic nitrogens is 2. The van der Waals surface area contributed by atoms with Crippen molar-refractivity contribution in [1.29, 1.82) is 0 Å². The van der Waals surface area contributed by atoms with Crippen LogP contribution in [0.3, 0.4) is 0 Å². The van der Waals surface area contributed by atoms with Gasteiger partial charge in [-0.2, -0.15) is 0 Å². The summed E-state index contributed by atoms with van der Waals surface area (Å²) in [6.45, 7) is 0. The quantitative estimate of drug-likeness (QED) is 0.491. The van der Waals surface area contributed by atoms with E-state index in [4.69, 9.17) is 0 Å². The van der Waals surface area contributed by atoms with Crippen molar-refractivity contribution in [2.75, 3.05) is 0 Å². The average molecular weight is 244 g/mol. The third-order valence-corrected chi connectivity index (χ3v) is 3.49. The van der Waals surface area contributed by atoms with Gasteiger partial charge in [0, 0.05) is 22.7 Å². The van der Waals surface area contributed by atoms with Gasteiger partial charge in [-0.3, -0.25) is 4.98 Å². The molecule has 0 atom stereocenters. The first kappa shape index (κ1) is 10.3. The van der Waals surface area contributed by atoms with Gasteiger partial charge in [0.05, 0.1) is 17.2 Å². The Balaban J connectivity index is 2.24. The van der Waals surface area contributed by atoms with Gasteiger partial charge in [-0.05, 0) is 24.3 Å². The molecule has 0 bridgehead atoms. The van der Waals surface area contributed by atoms with E-state index in [1.807, 2.05) is 18.5 Å². The minimum Gasteiger partial charge on any atom is -0.308 e. The number of hydrogen-bond donors (Lipinski definition) is 0. The highest BCUT2D eigenvalue weighted by molar-refractivity contribution is 6.08. The second kappa shape index (κ2) is 3.95. The van der Waals surface area contributed by atoms with Gasteiger partial charge in [0.25, 0.3) is 0 Å². The summed E-state index contributed by atoms with van der Waals surface area (Å²) in [4.78, 5) is 4.27. The van der Waals surface area contributed by atoms with Gasteiger partial charge in [-0.25, -0.2) is 0 Å². The van der Waals surface area contributed by atoms with Crippen LogP contribution in [0.1, 0.15) is 0 Å². The maximum absolute atomic E-state index is 4.27. The largest absolute Gasteiger partial charge is 0.308 e. The number of para-hydroxylation sites is 2. The lowest BCUT2D eigenvalue weighted by Crippen LogP contribution is -1.92. The standard InChI is InChI=1S/C17H12N2/c1-2-6-13(7-3-1)19-16-9-5-4-8-14(16)15-10-11-18-12-17(15)19/h1-12H. The minimum atomic E-state index is 1.15. The molecule has 0 fully saturated rings. The molecule has 0 aliphatic heterocycles. The number of fused-ring (bicyclic) bond motifs is 3. The van der Waals surface area contributed by atoms with Crippen molar-refractivity contribution in [3.63, 3.8) is 0 Å². The van der Waals surface area contributed by atoms with Gasteiger partial charge in [0.15, 0.2) is 0 Å². The third kappa shape index (κ3) is 1.47. The molecular weight excluding hydrogens is 232 g/mol. The minimum absolute atomic E-state index is 1.15. The fraction of sp³-hybridized carbons (Fsp3) is 0. The van der Waals surface area contributed by atoms with Crippen molar-refractivity contribution < 1.29 is 0 Å². The number of pyridine rings is 1. The van der Waals surface area contributed by atoms with Crippen molar-refractivity contribution in [1.82, 2.24) is 9.55 Å². The third-order valence-electron chi connectivity index (χ3n) is 3.49. The van der Waals surface area contributed by atoms with E-state index >= 15 is 0 Å².